The van der Waals surface area contributed by atoms with Crippen LogP contribution in [-0.2, 0) is 17.3 Å². The lowest BCUT2D eigenvalue weighted by molar-refractivity contribution is 0.589. The first kappa shape index (κ1) is 31.1. The van der Waals surface area contributed by atoms with Gasteiger partial charge in [0, 0.05) is 0 Å². The average molecular weight is 633 g/mol. The standard InChI is InChI=1S/C49H44/c1-48(2,3)35-23-25-39-34(29-35)30-45(42-28-27-38(32-15-8-7-9-16-32)40-20-12-13-21-41(40)42)43-26-24-36(49(4,5)6)31-46(43)47(39)44-22-14-18-33-17-10-11-19-37(33)44/h7-29,31H,30H2,1-6H3. The Kier molecular flexibility index (Phi) is 7.45. The van der Waals surface area contributed by atoms with Crippen molar-refractivity contribution in [3.05, 3.63) is 189 Å². The molecule has 0 radical (unpaired) electrons. The molecule has 0 amide bonds. The van der Waals surface area contributed by atoms with E-state index in [0.29, 0.717) is 0 Å². The van der Waals surface area contributed by atoms with E-state index in [1.54, 1.807) is 0 Å². The van der Waals surface area contributed by atoms with Crippen LogP contribution in [0.3, 0.4) is 0 Å². The average Bonchev–Trinajstić information content (AvgIpc) is 3.24. The molecule has 8 rings (SSSR count). The van der Waals surface area contributed by atoms with E-state index in [2.05, 4.69) is 187 Å². The summed E-state index contributed by atoms with van der Waals surface area (Å²) >= 11 is 0. The minimum absolute atomic E-state index is 0.00825. The fourth-order valence-corrected chi connectivity index (χ4v) is 7.77. The molecule has 7 aromatic rings. The van der Waals surface area contributed by atoms with Crippen molar-refractivity contribution >= 4 is 32.7 Å². The number of hydrogen-bond acceptors (Lipinski definition) is 0. The molecule has 0 unspecified atom stereocenters. The maximum absolute atomic E-state index is 2.50. The van der Waals surface area contributed by atoms with E-state index in [9.17, 15) is 0 Å². The lowest BCUT2D eigenvalue weighted by atomic mass is 9.81. The van der Waals surface area contributed by atoms with Crippen LogP contribution in [0.2, 0.25) is 0 Å². The van der Waals surface area contributed by atoms with Crippen LogP contribution in [0, 0.1) is 0 Å². The van der Waals surface area contributed by atoms with Gasteiger partial charge in [-0.15, -0.1) is 0 Å². The zero-order valence-electron chi connectivity index (χ0n) is 29.6. The molecule has 0 heterocycles. The first-order valence-corrected chi connectivity index (χ1v) is 17.7. The van der Waals surface area contributed by atoms with Gasteiger partial charge in [-0.05, 0) is 111 Å². The smallest absolute Gasteiger partial charge is 0.000717 e. The van der Waals surface area contributed by atoms with Crippen LogP contribution in [-0.4, -0.2) is 0 Å². The summed E-state index contributed by atoms with van der Waals surface area (Å²) in [6.45, 7) is 14.0. The van der Waals surface area contributed by atoms with E-state index < -0.39 is 0 Å². The van der Waals surface area contributed by atoms with Gasteiger partial charge in [0.15, 0.2) is 0 Å². The Morgan fingerprint density at radius 1 is 0.408 bits per heavy atom. The van der Waals surface area contributed by atoms with Crippen LogP contribution in [0.4, 0.5) is 0 Å². The van der Waals surface area contributed by atoms with Crippen molar-refractivity contribution in [1.82, 2.24) is 0 Å². The highest BCUT2D eigenvalue weighted by Crippen LogP contribution is 2.38. The molecular formula is C49H44. The second kappa shape index (κ2) is 11.7. The van der Waals surface area contributed by atoms with E-state index in [0.717, 1.165) is 6.42 Å². The minimum atomic E-state index is 0.00825. The molecule has 1 aliphatic rings. The summed E-state index contributed by atoms with van der Waals surface area (Å²) < 4.78 is 0. The van der Waals surface area contributed by atoms with E-state index in [4.69, 9.17) is 0 Å². The molecule has 0 saturated heterocycles. The number of hydrogen-bond donors (Lipinski definition) is 0. The molecular weight excluding hydrogens is 589 g/mol. The molecule has 0 fully saturated rings. The first-order valence-electron chi connectivity index (χ1n) is 17.7. The van der Waals surface area contributed by atoms with Crippen LogP contribution in [0.25, 0.3) is 43.8 Å². The van der Waals surface area contributed by atoms with Crippen molar-refractivity contribution in [2.45, 2.75) is 58.8 Å². The summed E-state index contributed by atoms with van der Waals surface area (Å²) in [5, 5.41) is 7.78. The Labute approximate surface area is 291 Å². The van der Waals surface area contributed by atoms with Crippen molar-refractivity contribution in [3.63, 3.8) is 0 Å². The monoisotopic (exact) mass is 632 g/mol. The lowest BCUT2D eigenvalue weighted by Gasteiger charge is -2.23. The van der Waals surface area contributed by atoms with Crippen molar-refractivity contribution in [2.75, 3.05) is 0 Å². The molecule has 0 spiro atoms. The molecule has 0 atom stereocenters. The van der Waals surface area contributed by atoms with Crippen LogP contribution in [0.5, 0.6) is 0 Å². The second-order valence-corrected chi connectivity index (χ2v) is 15.8. The van der Waals surface area contributed by atoms with Gasteiger partial charge < -0.3 is 0 Å². The van der Waals surface area contributed by atoms with Crippen molar-refractivity contribution in [3.8, 4) is 11.1 Å². The molecule has 0 N–H and O–H groups in total. The Morgan fingerprint density at radius 2 is 0.980 bits per heavy atom. The Bertz CT molecular complexity index is 2510. The third-order valence-electron chi connectivity index (χ3n) is 10.5. The largest absolute Gasteiger partial charge is 0.0622 e. The number of rotatable bonds is 3. The maximum atomic E-state index is 2.50. The normalized spacial score (nSPS) is 13.3. The molecule has 0 saturated carbocycles. The molecule has 0 heteroatoms. The number of fused-ring (bicyclic) bond motifs is 4. The Balaban J connectivity index is 1.56. The third kappa shape index (κ3) is 5.50. The van der Waals surface area contributed by atoms with Gasteiger partial charge in [0.1, 0.15) is 0 Å². The van der Waals surface area contributed by atoms with Crippen LogP contribution < -0.4 is 10.4 Å². The van der Waals surface area contributed by atoms with Crippen LogP contribution >= 0.6 is 0 Å². The van der Waals surface area contributed by atoms with Gasteiger partial charge in [0.05, 0.1) is 0 Å². The lowest BCUT2D eigenvalue weighted by Crippen LogP contribution is -2.32. The van der Waals surface area contributed by atoms with Crippen molar-refractivity contribution < 1.29 is 0 Å². The summed E-state index contributed by atoms with van der Waals surface area (Å²) in [4.78, 5) is 0. The predicted molar refractivity (Wildman–Crippen MR) is 211 cm³/mol. The molecule has 240 valence electrons. The van der Waals surface area contributed by atoms with E-state index in [1.807, 2.05) is 0 Å². The topological polar surface area (TPSA) is 0 Å². The van der Waals surface area contributed by atoms with Crippen molar-refractivity contribution in [2.24, 2.45) is 0 Å². The Hall–Kier alpha value is -5.20. The zero-order valence-corrected chi connectivity index (χ0v) is 29.6. The van der Waals surface area contributed by atoms with E-state index in [1.165, 1.54) is 87.6 Å². The second-order valence-electron chi connectivity index (χ2n) is 15.8. The molecule has 1 aliphatic carbocycles. The molecule has 0 bridgehead atoms. The van der Waals surface area contributed by atoms with Crippen molar-refractivity contribution in [1.29, 1.82) is 0 Å². The van der Waals surface area contributed by atoms with Gasteiger partial charge in [0.2, 0.25) is 0 Å². The molecule has 0 aliphatic heterocycles. The quantitative estimate of drug-likeness (QED) is 0.182. The summed E-state index contributed by atoms with van der Waals surface area (Å²) in [5.74, 6) is 0. The van der Waals surface area contributed by atoms with Crippen LogP contribution in [0.1, 0.15) is 74.9 Å². The molecule has 49 heavy (non-hydrogen) atoms. The van der Waals surface area contributed by atoms with Gasteiger partial charge in [-0.25, -0.2) is 0 Å². The predicted octanol–water partition coefficient (Wildman–Crippen LogP) is 11.3. The first-order chi connectivity index (χ1) is 23.6. The fraction of sp³-hybridized carbons (Fsp3) is 0.184. The number of benzene rings is 7. The van der Waals surface area contributed by atoms with Gasteiger partial charge in [0.25, 0.3) is 0 Å². The molecule has 0 nitrogen and oxygen atoms in total. The maximum Gasteiger partial charge on any atom is -0.000717 e. The highest BCUT2D eigenvalue weighted by Gasteiger charge is 2.25. The summed E-state index contributed by atoms with van der Waals surface area (Å²) in [7, 11) is 0. The molecule has 7 aromatic carbocycles. The van der Waals surface area contributed by atoms with Gasteiger partial charge in [-0.1, -0.05) is 181 Å². The van der Waals surface area contributed by atoms with Gasteiger partial charge >= 0.3 is 0 Å². The zero-order chi connectivity index (χ0) is 33.9. The third-order valence-corrected chi connectivity index (χ3v) is 10.5. The van der Waals surface area contributed by atoms with E-state index >= 15 is 0 Å². The van der Waals surface area contributed by atoms with E-state index in [-0.39, 0.29) is 10.8 Å². The van der Waals surface area contributed by atoms with Gasteiger partial charge in [-0.3, -0.25) is 0 Å². The summed E-state index contributed by atoms with van der Waals surface area (Å²) in [6, 6.07) is 54.8. The fourth-order valence-electron chi connectivity index (χ4n) is 7.77. The highest BCUT2D eigenvalue weighted by atomic mass is 14.3. The SMILES string of the molecule is CC(C)(C)c1ccc2c(c1)CC(c1ccc(-c3ccccc3)c3ccccc13)=c1ccc(C(C)(C)C)cc1=C2c1cccc2ccccc12. The molecule has 0 aromatic heterocycles. The van der Waals surface area contributed by atoms with Crippen LogP contribution in [0.15, 0.2) is 146 Å². The summed E-state index contributed by atoms with van der Waals surface area (Å²) in [6.07, 6.45) is 0.851. The van der Waals surface area contributed by atoms with Gasteiger partial charge in [-0.2, -0.15) is 0 Å². The summed E-state index contributed by atoms with van der Waals surface area (Å²) in [5.41, 5.74) is 13.3. The highest BCUT2D eigenvalue weighted by molar-refractivity contribution is 6.04. The minimum Gasteiger partial charge on any atom is -0.0622 e. The Morgan fingerprint density at radius 3 is 1.71 bits per heavy atom.